The molecule has 0 N–H and O–H groups in total. The number of rotatable bonds is 3. The molecule has 1 fully saturated rings. The Labute approximate surface area is 114 Å². The van der Waals surface area contributed by atoms with Gasteiger partial charge in [0.05, 0.1) is 11.7 Å². The number of carbonyl (C=O) groups excluding carboxylic acids is 1. The van der Waals surface area contributed by atoms with Crippen LogP contribution in [0.15, 0.2) is 15.7 Å². The summed E-state index contributed by atoms with van der Waals surface area (Å²) in [5.74, 6) is -0.183. The van der Waals surface area contributed by atoms with Crippen molar-refractivity contribution in [3.63, 3.8) is 0 Å². The van der Waals surface area contributed by atoms with Crippen LogP contribution in [-0.2, 0) is 13.8 Å². The number of likely N-dealkylation sites (tertiary alicyclic amines) is 1. The molecular formula is C10H12ClNO4S2. The van der Waals surface area contributed by atoms with E-state index in [4.69, 9.17) is 15.4 Å². The van der Waals surface area contributed by atoms with Gasteiger partial charge in [0.25, 0.3) is 15.0 Å². The first-order valence-corrected chi connectivity index (χ1v) is 8.46. The minimum absolute atomic E-state index is 0.00462. The predicted octanol–water partition coefficient (Wildman–Crippen LogP) is 1.54. The first-order chi connectivity index (χ1) is 8.41. The Bertz CT molecular complexity index is 554. The fraction of sp³-hybridized carbons (Fsp3) is 0.500. The smallest absolute Gasteiger partial charge is 0.270 e. The molecule has 0 bridgehead atoms. The maximum atomic E-state index is 12.1. The van der Waals surface area contributed by atoms with E-state index in [0.717, 1.165) is 17.8 Å². The molecule has 2 heterocycles. The van der Waals surface area contributed by atoms with Gasteiger partial charge in [0.2, 0.25) is 0 Å². The maximum Gasteiger partial charge on any atom is 0.270 e. The van der Waals surface area contributed by atoms with Crippen LogP contribution in [0.5, 0.6) is 0 Å². The normalized spacial score (nSPS) is 20.3. The fourth-order valence-corrected chi connectivity index (χ4v) is 3.78. The molecule has 0 spiro atoms. The van der Waals surface area contributed by atoms with Gasteiger partial charge in [-0.05, 0) is 12.5 Å². The van der Waals surface area contributed by atoms with Gasteiger partial charge in [-0.15, -0.1) is 11.3 Å². The Morgan fingerprint density at radius 2 is 2.33 bits per heavy atom. The Morgan fingerprint density at radius 1 is 1.61 bits per heavy atom. The van der Waals surface area contributed by atoms with Crippen molar-refractivity contribution >= 4 is 37.0 Å². The van der Waals surface area contributed by atoms with Gasteiger partial charge in [0.15, 0.2) is 0 Å². The number of ether oxygens (including phenoxy) is 1. The van der Waals surface area contributed by atoms with E-state index in [9.17, 15) is 13.2 Å². The van der Waals surface area contributed by atoms with Crippen LogP contribution in [0.4, 0.5) is 0 Å². The van der Waals surface area contributed by atoms with Crippen LogP contribution in [0.1, 0.15) is 16.8 Å². The second-order valence-electron chi connectivity index (χ2n) is 3.99. The van der Waals surface area contributed by atoms with Crippen molar-refractivity contribution in [2.75, 3.05) is 20.2 Å². The third-order valence-electron chi connectivity index (χ3n) is 2.83. The van der Waals surface area contributed by atoms with Gasteiger partial charge in [0.1, 0.15) is 4.21 Å². The highest BCUT2D eigenvalue weighted by atomic mass is 35.7. The summed E-state index contributed by atoms with van der Waals surface area (Å²) >= 11 is 0.952. The highest BCUT2D eigenvalue weighted by Crippen LogP contribution is 2.25. The van der Waals surface area contributed by atoms with E-state index in [0.29, 0.717) is 18.7 Å². The number of amides is 1. The van der Waals surface area contributed by atoms with Gasteiger partial charge in [0, 0.05) is 36.3 Å². The summed E-state index contributed by atoms with van der Waals surface area (Å²) in [6, 6.07) is 1.31. The third-order valence-corrected chi connectivity index (χ3v) is 5.87. The zero-order chi connectivity index (χ0) is 13.3. The minimum Gasteiger partial charge on any atom is -0.380 e. The summed E-state index contributed by atoms with van der Waals surface area (Å²) in [6.45, 7) is 1.16. The average molecular weight is 310 g/mol. The standard InChI is InChI=1S/C10H12ClNO4S2/c1-16-8-2-3-12(5-8)10(13)7-4-9(17-6-7)18(11,14)15/h4,6,8H,2-3,5H2,1H3. The highest BCUT2D eigenvalue weighted by molar-refractivity contribution is 8.15. The molecule has 1 aromatic heterocycles. The molecule has 2 rings (SSSR count). The zero-order valence-corrected chi connectivity index (χ0v) is 12.0. The van der Waals surface area contributed by atoms with Crippen molar-refractivity contribution in [1.29, 1.82) is 0 Å². The summed E-state index contributed by atoms with van der Waals surface area (Å²) in [5, 5.41) is 1.51. The average Bonchev–Trinajstić information content (AvgIpc) is 2.96. The second kappa shape index (κ2) is 5.16. The Balaban J connectivity index is 2.13. The number of hydrogen-bond donors (Lipinski definition) is 0. The van der Waals surface area contributed by atoms with Crippen LogP contribution in [0.2, 0.25) is 0 Å². The monoisotopic (exact) mass is 309 g/mol. The van der Waals surface area contributed by atoms with E-state index in [1.807, 2.05) is 0 Å². The molecule has 18 heavy (non-hydrogen) atoms. The van der Waals surface area contributed by atoms with E-state index in [1.165, 1.54) is 11.4 Å². The van der Waals surface area contributed by atoms with Crippen LogP contribution in [0.25, 0.3) is 0 Å². The molecule has 0 aliphatic carbocycles. The van der Waals surface area contributed by atoms with E-state index in [-0.39, 0.29) is 16.2 Å². The predicted molar refractivity (Wildman–Crippen MR) is 68.7 cm³/mol. The van der Waals surface area contributed by atoms with Crippen molar-refractivity contribution in [1.82, 2.24) is 4.90 Å². The van der Waals surface area contributed by atoms with Crippen molar-refractivity contribution in [3.8, 4) is 0 Å². The van der Waals surface area contributed by atoms with Crippen molar-refractivity contribution < 1.29 is 17.9 Å². The van der Waals surface area contributed by atoms with Crippen LogP contribution in [-0.4, -0.2) is 45.5 Å². The quantitative estimate of drug-likeness (QED) is 0.795. The Kier molecular flexibility index (Phi) is 3.96. The summed E-state index contributed by atoms with van der Waals surface area (Å²) in [6.07, 6.45) is 0.858. The molecule has 100 valence electrons. The van der Waals surface area contributed by atoms with Gasteiger partial charge >= 0.3 is 0 Å². The molecule has 1 unspecified atom stereocenters. The van der Waals surface area contributed by atoms with Crippen LogP contribution in [0, 0.1) is 0 Å². The minimum atomic E-state index is -3.76. The topological polar surface area (TPSA) is 63.7 Å². The summed E-state index contributed by atoms with van der Waals surface area (Å²) in [7, 11) is 3.07. The lowest BCUT2D eigenvalue weighted by Gasteiger charge is -2.14. The van der Waals surface area contributed by atoms with Crippen LogP contribution < -0.4 is 0 Å². The number of methoxy groups -OCH3 is 1. The molecule has 1 aliphatic heterocycles. The summed E-state index contributed by atoms with van der Waals surface area (Å²) < 4.78 is 27.4. The lowest BCUT2D eigenvalue weighted by atomic mass is 10.3. The molecule has 1 aliphatic rings. The molecule has 1 atom stereocenters. The molecular weight excluding hydrogens is 298 g/mol. The number of hydrogen-bond acceptors (Lipinski definition) is 5. The molecule has 8 heteroatoms. The van der Waals surface area contributed by atoms with E-state index in [2.05, 4.69) is 0 Å². The van der Waals surface area contributed by atoms with Gasteiger partial charge in [-0.1, -0.05) is 0 Å². The fourth-order valence-electron chi connectivity index (χ4n) is 1.84. The first kappa shape index (κ1) is 13.8. The van der Waals surface area contributed by atoms with E-state index >= 15 is 0 Å². The molecule has 0 aromatic carbocycles. The van der Waals surface area contributed by atoms with E-state index < -0.39 is 9.05 Å². The SMILES string of the molecule is COC1CCN(C(=O)c2csc(S(=O)(=O)Cl)c2)C1. The number of thiophene rings is 1. The van der Waals surface area contributed by atoms with Crippen LogP contribution >= 0.6 is 22.0 Å². The van der Waals surface area contributed by atoms with Crippen molar-refractivity contribution in [2.24, 2.45) is 0 Å². The highest BCUT2D eigenvalue weighted by Gasteiger charge is 2.28. The lowest BCUT2D eigenvalue weighted by Crippen LogP contribution is -2.29. The first-order valence-electron chi connectivity index (χ1n) is 5.27. The van der Waals surface area contributed by atoms with Crippen LogP contribution in [0.3, 0.4) is 0 Å². The molecule has 5 nitrogen and oxygen atoms in total. The largest absolute Gasteiger partial charge is 0.380 e. The molecule has 1 aromatic rings. The molecule has 1 amide bonds. The van der Waals surface area contributed by atoms with Gasteiger partial charge in [-0.25, -0.2) is 8.42 Å². The van der Waals surface area contributed by atoms with Gasteiger partial charge in [-0.3, -0.25) is 4.79 Å². The van der Waals surface area contributed by atoms with Crippen molar-refractivity contribution in [3.05, 3.63) is 17.0 Å². The third kappa shape index (κ3) is 2.85. The molecule has 0 radical (unpaired) electrons. The number of nitrogens with zero attached hydrogens (tertiary/aromatic N) is 1. The van der Waals surface area contributed by atoms with Gasteiger partial charge in [-0.2, -0.15) is 0 Å². The Morgan fingerprint density at radius 3 is 2.83 bits per heavy atom. The molecule has 0 saturated carbocycles. The maximum absolute atomic E-state index is 12.1. The molecule has 1 saturated heterocycles. The van der Waals surface area contributed by atoms with Crippen molar-refractivity contribution in [2.45, 2.75) is 16.7 Å². The van der Waals surface area contributed by atoms with E-state index in [1.54, 1.807) is 12.0 Å². The lowest BCUT2D eigenvalue weighted by molar-refractivity contribution is 0.0724. The van der Waals surface area contributed by atoms with Gasteiger partial charge < -0.3 is 9.64 Å². The Hall–Kier alpha value is -0.630. The number of carbonyl (C=O) groups is 1. The number of halogens is 1. The summed E-state index contributed by atoms with van der Waals surface area (Å²) in [5.41, 5.74) is 0.357. The second-order valence-corrected chi connectivity index (χ2v) is 7.69. The zero-order valence-electron chi connectivity index (χ0n) is 9.63. The summed E-state index contributed by atoms with van der Waals surface area (Å²) in [4.78, 5) is 13.7.